The van der Waals surface area contributed by atoms with Gasteiger partial charge in [0.25, 0.3) is 5.91 Å². The van der Waals surface area contributed by atoms with E-state index in [9.17, 15) is 4.79 Å². The molecule has 1 saturated heterocycles. The largest absolute Gasteiger partial charge is 0.493 e. The van der Waals surface area contributed by atoms with Gasteiger partial charge in [-0.25, -0.2) is 4.98 Å². The lowest BCUT2D eigenvalue weighted by Crippen LogP contribution is -2.39. The second-order valence-electron chi connectivity index (χ2n) is 6.18. The van der Waals surface area contributed by atoms with Crippen LogP contribution in [0.3, 0.4) is 0 Å². The van der Waals surface area contributed by atoms with E-state index in [1.807, 2.05) is 30.3 Å². The van der Waals surface area contributed by atoms with Crippen molar-refractivity contribution >= 4 is 11.7 Å². The van der Waals surface area contributed by atoms with Crippen LogP contribution in [0, 0.1) is 0 Å². The van der Waals surface area contributed by atoms with Gasteiger partial charge in [0.2, 0.25) is 0 Å². The Balaban J connectivity index is 1.56. The van der Waals surface area contributed by atoms with Gasteiger partial charge in [0.05, 0.1) is 31.4 Å². The standard InChI is InChI=1S/C19H21N3O3/c23-19(21-16-7-11-25-17-6-2-1-4-14(16)17)15-5-3-8-20-18(15)22-9-12-24-13-10-22/h1-6,8,16H,7,9-13H2,(H,21,23)/t16-/m1/s1. The molecule has 1 N–H and O–H groups in total. The molecule has 130 valence electrons. The van der Waals surface area contributed by atoms with Crippen LogP contribution in [0.2, 0.25) is 0 Å². The van der Waals surface area contributed by atoms with E-state index < -0.39 is 0 Å². The highest BCUT2D eigenvalue weighted by molar-refractivity contribution is 5.99. The summed E-state index contributed by atoms with van der Waals surface area (Å²) in [5.74, 6) is 1.47. The summed E-state index contributed by atoms with van der Waals surface area (Å²) in [6, 6.07) is 11.4. The van der Waals surface area contributed by atoms with Crippen molar-refractivity contribution < 1.29 is 14.3 Å². The summed E-state index contributed by atoms with van der Waals surface area (Å²) in [5, 5.41) is 3.15. The lowest BCUT2D eigenvalue weighted by molar-refractivity contribution is 0.0923. The third kappa shape index (κ3) is 3.30. The highest BCUT2D eigenvalue weighted by Gasteiger charge is 2.25. The molecule has 6 heteroatoms. The SMILES string of the molecule is O=C(N[C@@H]1CCOc2ccccc21)c1cccnc1N1CCOCC1. The van der Waals surface area contributed by atoms with Crippen molar-refractivity contribution in [2.75, 3.05) is 37.8 Å². The molecule has 2 aliphatic rings. The molecule has 1 amide bonds. The first-order chi connectivity index (χ1) is 12.3. The third-order valence-electron chi connectivity index (χ3n) is 4.61. The molecule has 6 nitrogen and oxygen atoms in total. The minimum atomic E-state index is -0.101. The molecule has 2 aliphatic heterocycles. The average molecular weight is 339 g/mol. The van der Waals surface area contributed by atoms with Gasteiger partial charge in [-0.15, -0.1) is 0 Å². The summed E-state index contributed by atoms with van der Waals surface area (Å²) in [5.41, 5.74) is 1.63. The van der Waals surface area contributed by atoms with Crippen molar-refractivity contribution in [1.82, 2.24) is 10.3 Å². The number of para-hydroxylation sites is 1. The Morgan fingerprint density at radius 3 is 2.84 bits per heavy atom. The molecule has 1 fully saturated rings. The van der Waals surface area contributed by atoms with Crippen molar-refractivity contribution in [2.24, 2.45) is 0 Å². The van der Waals surface area contributed by atoms with E-state index in [1.54, 1.807) is 12.3 Å². The summed E-state index contributed by atoms with van der Waals surface area (Å²) >= 11 is 0. The molecule has 0 aliphatic carbocycles. The van der Waals surface area contributed by atoms with Crippen LogP contribution in [0.15, 0.2) is 42.6 Å². The van der Waals surface area contributed by atoms with Gasteiger partial charge in [-0.1, -0.05) is 18.2 Å². The van der Waals surface area contributed by atoms with Crippen molar-refractivity contribution in [3.8, 4) is 5.75 Å². The Kier molecular flexibility index (Phi) is 4.52. The Bertz CT molecular complexity index is 759. The number of ether oxygens (including phenoxy) is 2. The Morgan fingerprint density at radius 1 is 1.12 bits per heavy atom. The number of hydrogen-bond acceptors (Lipinski definition) is 5. The minimum absolute atomic E-state index is 0.0461. The van der Waals surface area contributed by atoms with Gasteiger partial charge in [0.15, 0.2) is 0 Å². The number of carbonyl (C=O) groups is 1. The van der Waals surface area contributed by atoms with Gasteiger partial charge in [-0.3, -0.25) is 4.79 Å². The average Bonchev–Trinajstić information content (AvgIpc) is 2.69. The van der Waals surface area contributed by atoms with Gasteiger partial charge >= 0.3 is 0 Å². The van der Waals surface area contributed by atoms with Crippen molar-refractivity contribution in [3.63, 3.8) is 0 Å². The fraction of sp³-hybridized carbons (Fsp3) is 0.368. The number of pyridine rings is 1. The second-order valence-corrected chi connectivity index (χ2v) is 6.18. The summed E-state index contributed by atoms with van der Waals surface area (Å²) in [6.07, 6.45) is 2.49. The number of hydrogen-bond donors (Lipinski definition) is 1. The summed E-state index contributed by atoms with van der Waals surface area (Å²) < 4.78 is 11.1. The Labute approximate surface area is 146 Å². The summed E-state index contributed by atoms with van der Waals surface area (Å²) in [7, 11) is 0. The summed E-state index contributed by atoms with van der Waals surface area (Å²) in [4.78, 5) is 19.5. The monoisotopic (exact) mass is 339 g/mol. The summed E-state index contributed by atoms with van der Waals surface area (Å²) in [6.45, 7) is 3.41. The maximum Gasteiger partial charge on any atom is 0.255 e. The van der Waals surface area contributed by atoms with Crippen molar-refractivity contribution in [3.05, 3.63) is 53.7 Å². The van der Waals surface area contributed by atoms with E-state index in [2.05, 4.69) is 15.2 Å². The molecule has 1 atom stereocenters. The first-order valence-corrected chi connectivity index (χ1v) is 8.63. The number of carbonyl (C=O) groups excluding carboxylic acids is 1. The van der Waals surface area contributed by atoms with E-state index in [0.29, 0.717) is 25.4 Å². The fourth-order valence-corrected chi connectivity index (χ4v) is 3.33. The molecule has 0 bridgehead atoms. The molecule has 25 heavy (non-hydrogen) atoms. The zero-order valence-electron chi connectivity index (χ0n) is 14.0. The number of rotatable bonds is 3. The molecular weight excluding hydrogens is 318 g/mol. The predicted octanol–water partition coefficient (Wildman–Crippen LogP) is 2.17. The van der Waals surface area contributed by atoms with Crippen LogP contribution >= 0.6 is 0 Å². The van der Waals surface area contributed by atoms with Crippen molar-refractivity contribution in [1.29, 1.82) is 0 Å². The maximum absolute atomic E-state index is 12.9. The molecule has 0 saturated carbocycles. The smallest absolute Gasteiger partial charge is 0.255 e. The van der Waals surface area contributed by atoms with Gasteiger partial charge in [0, 0.05) is 31.3 Å². The van der Waals surface area contributed by atoms with E-state index in [-0.39, 0.29) is 11.9 Å². The van der Waals surface area contributed by atoms with Gasteiger partial charge in [-0.05, 0) is 18.2 Å². The number of aromatic nitrogens is 1. The molecule has 2 aromatic rings. The molecular formula is C19H21N3O3. The molecule has 1 aromatic carbocycles. The first-order valence-electron chi connectivity index (χ1n) is 8.63. The molecule has 0 unspecified atom stereocenters. The number of fused-ring (bicyclic) bond motifs is 1. The zero-order chi connectivity index (χ0) is 17.1. The predicted molar refractivity (Wildman–Crippen MR) is 94.0 cm³/mol. The van der Waals surface area contributed by atoms with Crippen LogP contribution in [0.4, 0.5) is 5.82 Å². The normalized spacial score (nSPS) is 19.7. The number of amides is 1. The van der Waals surface area contributed by atoms with Crippen LogP contribution in [0.5, 0.6) is 5.75 Å². The highest BCUT2D eigenvalue weighted by Crippen LogP contribution is 2.32. The maximum atomic E-state index is 12.9. The van der Waals surface area contributed by atoms with E-state index in [4.69, 9.17) is 9.47 Å². The molecule has 0 radical (unpaired) electrons. The van der Waals surface area contributed by atoms with Crippen LogP contribution in [0.1, 0.15) is 28.4 Å². The molecule has 4 rings (SSSR count). The Hall–Kier alpha value is -2.60. The minimum Gasteiger partial charge on any atom is -0.493 e. The van der Waals surface area contributed by atoms with E-state index in [1.165, 1.54) is 0 Å². The van der Waals surface area contributed by atoms with Crippen LogP contribution in [0.25, 0.3) is 0 Å². The lowest BCUT2D eigenvalue weighted by atomic mass is 10.00. The number of nitrogens with one attached hydrogen (secondary N) is 1. The Morgan fingerprint density at radius 2 is 1.96 bits per heavy atom. The zero-order valence-corrected chi connectivity index (χ0v) is 14.0. The number of morpholine rings is 1. The van der Waals surface area contributed by atoms with Gasteiger partial charge in [0.1, 0.15) is 11.6 Å². The third-order valence-corrected chi connectivity index (χ3v) is 4.61. The number of nitrogens with zero attached hydrogens (tertiary/aromatic N) is 2. The number of benzene rings is 1. The van der Waals surface area contributed by atoms with E-state index in [0.717, 1.165) is 36.6 Å². The van der Waals surface area contributed by atoms with Crippen LogP contribution < -0.4 is 15.0 Å². The second kappa shape index (κ2) is 7.11. The fourth-order valence-electron chi connectivity index (χ4n) is 3.33. The number of anilines is 1. The molecule has 3 heterocycles. The quantitative estimate of drug-likeness (QED) is 0.928. The van der Waals surface area contributed by atoms with Gasteiger partial charge < -0.3 is 19.7 Å². The van der Waals surface area contributed by atoms with Crippen LogP contribution in [-0.4, -0.2) is 43.8 Å². The topological polar surface area (TPSA) is 63.7 Å². The van der Waals surface area contributed by atoms with Crippen LogP contribution in [-0.2, 0) is 4.74 Å². The molecule has 1 aromatic heterocycles. The van der Waals surface area contributed by atoms with Crippen molar-refractivity contribution in [2.45, 2.75) is 12.5 Å². The van der Waals surface area contributed by atoms with Gasteiger partial charge in [-0.2, -0.15) is 0 Å². The lowest BCUT2D eigenvalue weighted by Gasteiger charge is -2.30. The highest BCUT2D eigenvalue weighted by atomic mass is 16.5. The molecule has 0 spiro atoms. The van der Waals surface area contributed by atoms with E-state index >= 15 is 0 Å². The first kappa shape index (κ1) is 15.9.